The highest BCUT2D eigenvalue weighted by Crippen LogP contribution is 2.25. The van der Waals surface area contributed by atoms with Gasteiger partial charge in [-0.15, -0.1) is 0 Å². The van der Waals surface area contributed by atoms with Crippen molar-refractivity contribution in [1.29, 1.82) is 0 Å². The number of hydrogen-bond donors (Lipinski definition) is 2. The van der Waals surface area contributed by atoms with Crippen molar-refractivity contribution in [3.63, 3.8) is 0 Å². The van der Waals surface area contributed by atoms with Crippen LogP contribution in [0.3, 0.4) is 0 Å². The molecule has 0 fully saturated rings. The van der Waals surface area contributed by atoms with E-state index in [1.54, 1.807) is 19.4 Å². The zero-order valence-corrected chi connectivity index (χ0v) is 15.3. The summed E-state index contributed by atoms with van der Waals surface area (Å²) in [7, 11) is 1.65. The number of ether oxygens (including phenoxy) is 1. The Bertz CT molecular complexity index is 662. The van der Waals surface area contributed by atoms with Gasteiger partial charge in [0.2, 0.25) is 0 Å². The number of methoxy groups -OCH3 is 1. The lowest BCUT2D eigenvalue weighted by Crippen LogP contribution is -2.25. The number of nitrogens with zero attached hydrogens (tertiary/aromatic N) is 1. The van der Waals surface area contributed by atoms with Crippen LogP contribution in [0.15, 0.2) is 36.5 Å². The summed E-state index contributed by atoms with van der Waals surface area (Å²) in [6.07, 6.45) is 4.31. The molecule has 134 valence electrons. The van der Waals surface area contributed by atoms with Crippen LogP contribution in [-0.2, 0) is 17.6 Å². The number of aryl methyl sites for hydroxylation is 2. The molecule has 5 nitrogen and oxygen atoms in total. The van der Waals surface area contributed by atoms with Crippen molar-refractivity contribution in [3.8, 4) is 0 Å². The van der Waals surface area contributed by atoms with E-state index in [4.69, 9.17) is 4.74 Å². The molecule has 0 spiro atoms. The van der Waals surface area contributed by atoms with Gasteiger partial charge in [-0.05, 0) is 42.5 Å². The Morgan fingerprint density at radius 2 is 1.84 bits per heavy atom. The van der Waals surface area contributed by atoms with Gasteiger partial charge in [-0.2, -0.15) is 0 Å². The van der Waals surface area contributed by atoms with Crippen LogP contribution in [0.1, 0.15) is 41.8 Å². The van der Waals surface area contributed by atoms with Crippen molar-refractivity contribution in [2.75, 3.05) is 25.6 Å². The van der Waals surface area contributed by atoms with Gasteiger partial charge in [0.25, 0.3) is 5.91 Å². The zero-order valence-electron chi connectivity index (χ0n) is 15.3. The first-order valence-electron chi connectivity index (χ1n) is 8.80. The maximum absolute atomic E-state index is 12.1. The van der Waals surface area contributed by atoms with E-state index in [-0.39, 0.29) is 5.91 Å². The summed E-state index contributed by atoms with van der Waals surface area (Å²) in [5, 5.41) is 6.27. The fourth-order valence-electron chi connectivity index (χ4n) is 2.65. The monoisotopic (exact) mass is 341 g/mol. The summed E-state index contributed by atoms with van der Waals surface area (Å²) < 4.78 is 4.97. The van der Waals surface area contributed by atoms with Gasteiger partial charge in [0.15, 0.2) is 0 Å². The van der Waals surface area contributed by atoms with E-state index in [9.17, 15) is 4.79 Å². The van der Waals surface area contributed by atoms with Crippen LogP contribution in [0.25, 0.3) is 0 Å². The van der Waals surface area contributed by atoms with Crippen LogP contribution in [0.2, 0.25) is 0 Å². The maximum Gasteiger partial charge on any atom is 0.252 e. The van der Waals surface area contributed by atoms with Crippen LogP contribution in [0.5, 0.6) is 0 Å². The molecule has 0 bridgehead atoms. The highest BCUT2D eigenvalue weighted by Gasteiger charge is 2.09. The molecule has 2 rings (SSSR count). The number of para-hydroxylation sites is 1. The lowest BCUT2D eigenvalue weighted by molar-refractivity contribution is 0.0948. The highest BCUT2D eigenvalue weighted by atomic mass is 16.5. The lowest BCUT2D eigenvalue weighted by atomic mass is 10.0. The number of amides is 1. The largest absolute Gasteiger partial charge is 0.385 e. The van der Waals surface area contributed by atoms with E-state index in [0.717, 1.165) is 30.8 Å². The molecule has 2 N–H and O–H groups in total. The van der Waals surface area contributed by atoms with Crippen LogP contribution >= 0.6 is 0 Å². The molecule has 1 aromatic heterocycles. The number of anilines is 2. The highest BCUT2D eigenvalue weighted by molar-refractivity contribution is 5.94. The predicted molar refractivity (Wildman–Crippen MR) is 102 cm³/mol. The van der Waals surface area contributed by atoms with E-state index in [2.05, 4.69) is 47.7 Å². The van der Waals surface area contributed by atoms with Crippen LogP contribution < -0.4 is 10.6 Å². The van der Waals surface area contributed by atoms with E-state index >= 15 is 0 Å². The number of aromatic nitrogens is 1. The van der Waals surface area contributed by atoms with Gasteiger partial charge >= 0.3 is 0 Å². The molecule has 0 radical (unpaired) electrons. The minimum Gasteiger partial charge on any atom is -0.385 e. The van der Waals surface area contributed by atoms with E-state index in [1.165, 1.54) is 11.1 Å². The normalized spacial score (nSPS) is 10.5. The molecule has 0 aliphatic rings. The average molecular weight is 341 g/mol. The van der Waals surface area contributed by atoms with Gasteiger partial charge in [0.05, 0.1) is 5.56 Å². The number of pyridine rings is 1. The number of nitrogens with one attached hydrogen (secondary N) is 2. The molecular weight excluding hydrogens is 314 g/mol. The number of hydrogen-bond acceptors (Lipinski definition) is 4. The second-order valence-electron chi connectivity index (χ2n) is 5.82. The summed E-state index contributed by atoms with van der Waals surface area (Å²) in [5.74, 6) is 0.630. The molecule has 0 saturated carbocycles. The van der Waals surface area contributed by atoms with Gasteiger partial charge in [0, 0.05) is 32.1 Å². The SMILES string of the molecule is CCc1cccc(CC)c1Nc1ccc(C(=O)NCCCOC)cn1. The third-order valence-corrected chi connectivity index (χ3v) is 4.09. The Labute approximate surface area is 149 Å². The molecule has 1 amide bonds. The summed E-state index contributed by atoms with van der Waals surface area (Å²) in [6.45, 7) is 5.52. The van der Waals surface area contributed by atoms with Crippen molar-refractivity contribution in [2.45, 2.75) is 33.1 Å². The Kier molecular flexibility index (Phi) is 7.41. The van der Waals surface area contributed by atoms with Crippen molar-refractivity contribution in [1.82, 2.24) is 10.3 Å². The molecule has 1 aromatic carbocycles. The van der Waals surface area contributed by atoms with Crippen molar-refractivity contribution in [2.24, 2.45) is 0 Å². The Hall–Kier alpha value is -2.40. The summed E-state index contributed by atoms with van der Waals surface area (Å²) in [6, 6.07) is 9.98. The summed E-state index contributed by atoms with van der Waals surface area (Å²) in [5.41, 5.74) is 4.21. The van der Waals surface area contributed by atoms with Crippen molar-refractivity contribution >= 4 is 17.4 Å². The number of carbonyl (C=O) groups is 1. The van der Waals surface area contributed by atoms with Crippen LogP contribution in [0, 0.1) is 0 Å². The first-order chi connectivity index (χ1) is 12.2. The Morgan fingerprint density at radius 3 is 2.40 bits per heavy atom. The van der Waals surface area contributed by atoms with Crippen molar-refractivity contribution < 1.29 is 9.53 Å². The minimum atomic E-state index is -0.113. The fourth-order valence-corrected chi connectivity index (χ4v) is 2.65. The van der Waals surface area contributed by atoms with Crippen LogP contribution in [-0.4, -0.2) is 31.2 Å². The summed E-state index contributed by atoms with van der Waals surface area (Å²) in [4.78, 5) is 16.5. The minimum absolute atomic E-state index is 0.113. The van der Waals surface area contributed by atoms with Gasteiger partial charge in [-0.25, -0.2) is 4.98 Å². The Balaban J connectivity index is 2.05. The Morgan fingerprint density at radius 1 is 1.12 bits per heavy atom. The number of benzene rings is 1. The third kappa shape index (κ3) is 5.29. The predicted octanol–water partition coefficient (Wildman–Crippen LogP) is 3.72. The molecule has 0 aliphatic carbocycles. The maximum atomic E-state index is 12.1. The topological polar surface area (TPSA) is 63.2 Å². The molecule has 0 saturated heterocycles. The first-order valence-corrected chi connectivity index (χ1v) is 8.80. The standard InChI is InChI=1S/C20H27N3O2/c1-4-15-8-6-9-16(5-2)19(15)23-18-11-10-17(14-22-18)20(24)21-12-7-13-25-3/h6,8-11,14H,4-5,7,12-13H2,1-3H3,(H,21,24)(H,22,23). The molecule has 0 aliphatic heterocycles. The molecule has 1 heterocycles. The van der Waals surface area contributed by atoms with E-state index in [0.29, 0.717) is 18.7 Å². The average Bonchev–Trinajstić information content (AvgIpc) is 2.65. The smallest absolute Gasteiger partial charge is 0.252 e. The van der Waals surface area contributed by atoms with Gasteiger partial charge in [-0.3, -0.25) is 4.79 Å². The molecule has 0 unspecified atom stereocenters. The molecular formula is C20H27N3O2. The quantitative estimate of drug-likeness (QED) is 0.683. The first kappa shape index (κ1) is 18.9. The second kappa shape index (κ2) is 9.79. The van der Waals surface area contributed by atoms with Gasteiger partial charge < -0.3 is 15.4 Å². The lowest BCUT2D eigenvalue weighted by Gasteiger charge is -2.15. The van der Waals surface area contributed by atoms with Gasteiger partial charge in [0.1, 0.15) is 5.82 Å². The fraction of sp³-hybridized carbons (Fsp3) is 0.400. The molecule has 0 atom stereocenters. The summed E-state index contributed by atoms with van der Waals surface area (Å²) >= 11 is 0. The second-order valence-corrected chi connectivity index (χ2v) is 5.82. The zero-order chi connectivity index (χ0) is 18.1. The number of carbonyl (C=O) groups excluding carboxylic acids is 1. The molecule has 5 heteroatoms. The van der Waals surface area contributed by atoms with E-state index < -0.39 is 0 Å². The number of rotatable bonds is 9. The van der Waals surface area contributed by atoms with E-state index in [1.807, 2.05) is 6.07 Å². The molecule has 2 aromatic rings. The van der Waals surface area contributed by atoms with Crippen LogP contribution in [0.4, 0.5) is 11.5 Å². The third-order valence-electron chi connectivity index (χ3n) is 4.09. The van der Waals surface area contributed by atoms with Gasteiger partial charge in [-0.1, -0.05) is 32.0 Å². The van der Waals surface area contributed by atoms with Crippen molar-refractivity contribution in [3.05, 3.63) is 53.2 Å². The molecule has 25 heavy (non-hydrogen) atoms.